The molecule has 33 heavy (non-hydrogen) atoms. The number of hydrogen-bond acceptors (Lipinski definition) is 4. The highest BCUT2D eigenvalue weighted by atomic mass is 35.5. The summed E-state index contributed by atoms with van der Waals surface area (Å²) in [6, 6.07) is 26.3. The van der Waals surface area contributed by atoms with Crippen LogP contribution in [0.3, 0.4) is 0 Å². The lowest BCUT2D eigenvalue weighted by molar-refractivity contribution is 0.0984. The molecule has 5 rings (SSSR count). The van der Waals surface area contributed by atoms with Crippen molar-refractivity contribution in [3.05, 3.63) is 107 Å². The first-order chi connectivity index (χ1) is 16.1. The number of halogens is 2. The second kappa shape index (κ2) is 9.14. The van der Waals surface area contributed by atoms with Crippen molar-refractivity contribution >= 4 is 46.2 Å². The fraction of sp³-hybridized carbons (Fsp3) is 0.0769. The van der Waals surface area contributed by atoms with Gasteiger partial charge in [-0.05, 0) is 48.5 Å². The molecule has 5 nitrogen and oxygen atoms in total. The average Bonchev–Trinajstić information content (AvgIpc) is 2.86. The van der Waals surface area contributed by atoms with E-state index < -0.39 is 0 Å². The number of fused-ring (bicyclic) bond motifs is 1. The minimum Gasteiger partial charge on any atom is -0.437 e. The van der Waals surface area contributed by atoms with Crippen LogP contribution in [-0.2, 0) is 0 Å². The van der Waals surface area contributed by atoms with E-state index in [0.717, 1.165) is 17.1 Å². The molecular formula is C26H19Cl2N3O2. The maximum absolute atomic E-state index is 13.7. The molecule has 7 heteroatoms. The van der Waals surface area contributed by atoms with Crippen LogP contribution in [-0.4, -0.2) is 24.0 Å². The molecule has 0 unspecified atom stereocenters. The molecule has 0 N–H and O–H groups in total. The molecule has 1 aliphatic rings. The minimum absolute atomic E-state index is 0.176. The SMILES string of the molecule is O=C(c1cccnc1Oc1cc(Cl)ccc1Cl)N1CCN(c2ccccc2)c2ccccc21. The molecule has 0 fully saturated rings. The van der Waals surface area contributed by atoms with Gasteiger partial charge in [-0.1, -0.05) is 53.5 Å². The Morgan fingerprint density at radius 3 is 2.42 bits per heavy atom. The van der Waals surface area contributed by atoms with Crippen LogP contribution in [0.5, 0.6) is 11.6 Å². The van der Waals surface area contributed by atoms with Crippen molar-refractivity contribution in [3.8, 4) is 11.6 Å². The summed E-state index contributed by atoms with van der Waals surface area (Å²) in [5.74, 6) is 0.317. The summed E-state index contributed by atoms with van der Waals surface area (Å²) in [5.41, 5.74) is 3.22. The number of benzene rings is 3. The lowest BCUT2D eigenvalue weighted by Crippen LogP contribution is -2.42. The average molecular weight is 476 g/mol. The van der Waals surface area contributed by atoms with E-state index in [-0.39, 0.29) is 11.8 Å². The number of nitrogens with zero attached hydrogens (tertiary/aromatic N) is 3. The first-order valence-electron chi connectivity index (χ1n) is 10.4. The third-order valence-corrected chi connectivity index (χ3v) is 5.97. The van der Waals surface area contributed by atoms with Gasteiger partial charge in [-0.15, -0.1) is 0 Å². The topological polar surface area (TPSA) is 45.7 Å². The lowest BCUT2D eigenvalue weighted by Gasteiger charge is -2.37. The van der Waals surface area contributed by atoms with Crippen molar-refractivity contribution in [2.24, 2.45) is 0 Å². The zero-order valence-electron chi connectivity index (χ0n) is 17.5. The number of anilines is 3. The molecule has 1 amide bonds. The Kier molecular flexibility index (Phi) is 5.90. The van der Waals surface area contributed by atoms with Gasteiger partial charge >= 0.3 is 0 Å². The second-order valence-electron chi connectivity index (χ2n) is 7.47. The van der Waals surface area contributed by atoms with Gasteiger partial charge in [0.05, 0.1) is 16.4 Å². The number of aromatic nitrogens is 1. The number of carbonyl (C=O) groups is 1. The summed E-state index contributed by atoms with van der Waals surface area (Å²) >= 11 is 12.3. The summed E-state index contributed by atoms with van der Waals surface area (Å²) in [7, 11) is 0. The first kappa shape index (κ1) is 21.3. The fourth-order valence-corrected chi connectivity index (χ4v) is 4.21. The predicted molar refractivity (Wildman–Crippen MR) is 132 cm³/mol. The maximum Gasteiger partial charge on any atom is 0.263 e. The first-order valence-corrected chi connectivity index (χ1v) is 11.2. The molecule has 2 heterocycles. The molecule has 164 valence electrons. The number of ether oxygens (including phenoxy) is 1. The van der Waals surface area contributed by atoms with Crippen molar-refractivity contribution in [1.82, 2.24) is 4.98 Å². The highest BCUT2D eigenvalue weighted by Crippen LogP contribution is 2.39. The van der Waals surface area contributed by atoms with Crippen LogP contribution in [0.25, 0.3) is 0 Å². The molecular weight excluding hydrogens is 457 g/mol. The van der Waals surface area contributed by atoms with Crippen molar-refractivity contribution in [3.63, 3.8) is 0 Å². The quantitative estimate of drug-likeness (QED) is 0.319. The molecule has 4 aromatic rings. The van der Waals surface area contributed by atoms with Crippen LogP contribution in [0.15, 0.2) is 91.1 Å². The highest BCUT2D eigenvalue weighted by Gasteiger charge is 2.30. The molecule has 0 spiro atoms. The third-order valence-electron chi connectivity index (χ3n) is 5.43. The van der Waals surface area contributed by atoms with Gasteiger partial charge in [0.1, 0.15) is 11.3 Å². The van der Waals surface area contributed by atoms with E-state index in [9.17, 15) is 4.79 Å². The van der Waals surface area contributed by atoms with E-state index in [1.807, 2.05) is 42.5 Å². The Hall–Kier alpha value is -3.54. The Morgan fingerprint density at radius 1 is 0.848 bits per heavy atom. The fourth-order valence-electron chi connectivity index (χ4n) is 3.89. The van der Waals surface area contributed by atoms with Crippen LogP contribution in [0.2, 0.25) is 10.0 Å². The van der Waals surface area contributed by atoms with Crippen molar-refractivity contribution in [1.29, 1.82) is 0 Å². The van der Waals surface area contributed by atoms with E-state index in [1.54, 1.807) is 41.4 Å². The number of para-hydroxylation sites is 3. The Bertz CT molecular complexity index is 1310. The van der Waals surface area contributed by atoms with Gasteiger partial charge in [0.25, 0.3) is 5.91 Å². The van der Waals surface area contributed by atoms with E-state index in [1.165, 1.54) is 0 Å². The largest absolute Gasteiger partial charge is 0.437 e. The zero-order valence-corrected chi connectivity index (χ0v) is 19.0. The number of carbonyl (C=O) groups excluding carboxylic acids is 1. The molecule has 1 aliphatic heterocycles. The van der Waals surface area contributed by atoms with Crippen LogP contribution in [0.1, 0.15) is 10.4 Å². The molecule has 0 saturated heterocycles. The van der Waals surface area contributed by atoms with Gasteiger partial charge < -0.3 is 14.5 Å². The van der Waals surface area contributed by atoms with Gasteiger partial charge in [-0.25, -0.2) is 4.98 Å². The maximum atomic E-state index is 13.7. The molecule has 0 saturated carbocycles. The van der Waals surface area contributed by atoms with Gasteiger partial charge in [0, 0.05) is 36.1 Å². The standard InChI is InChI=1S/C26H19Cl2N3O2/c27-18-12-13-21(28)24(17-18)33-25-20(9-6-14-29-25)26(32)31-16-15-30(19-7-2-1-3-8-19)22-10-4-5-11-23(22)31/h1-14,17H,15-16H2. The molecule has 0 bridgehead atoms. The van der Waals surface area contributed by atoms with E-state index >= 15 is 0 Å². The zero-order chi connectivity index (χ0) is 22.8. The Morgan fingerprint density at radius 2 is 1.61 bits per heavy atom. The summed E-state index contributed by atoms with van der Waals surface area (Å²) in [4.78, 5) is 22.0. The number of hydrogen-bond donors (Lipinski definition) is 0. The van der Waals surface area contributed by atoms with Crippen molar-refractivity contribution in [2.45, 2.75) is 0 Å². The smallest absolute Gasteiger partial charge is 0.263 e. The van der Waals surface area contributed by atoms with Crippen LogP contribution in [0, 0.1) is 0 Å². The summed E-state index contributed by atoms with van der Waals surface area (Å²) in [6.07, 6.45) is 1.58. The van der Waals surface area contributed by atoms with E-state index in [0.29, 0.717) is 34.4 Å². The molecule has 3 aromatic carbocycles. The summed E-state index contributed by atoms with van der Waals surface area (Å²) in [6.45, 7) is 1.17. The lowest BCUT2D eigenvalue weighted by atomic mass is 10.1. The van der Waals surface area contributed by atoms with Gasteiger partial charge in [0.15, 0.2) is 0 Å². The monoisotopic (exact) mass is 475 g/mol. The molecule has 0 aliphatic carbocycles. The number of pyridine rings is 1. The third kappa shape index (κ3) is 4.25. The number of rotatable bonds is 4. The van der Waals surface area contributed by atoms with Gasteiger partial charge in [-0.2, -0.15) is 0 Å². The normalized spacial score (nSPS) is 12.9. The van der Waals surface area contributed by atoms with E-state index in [4.69, 9.17) is 27.9 Å². The van der Waals surface area contributed by atoms with Crippen molar-refractivity contribution < 1.29 is 9.53 Å². The van der Waals surface area contributed by atoms with E-state index in [2.05, 4.69) is 22.0 Å². The van der Waals surface area contributed by atoms with Crippen molar-refractivity contribution in [2.75, 3.05) is 22.9 Å². The van der Waals surface area contributed by atoms with Crippen LogP contribution < -0.4 is 14.5 Å². The predicted octanol–water partition coefficient (Wildman–Crippen LogP) is 6.98. The summed E-state index contributed by atoms with van der Waals surface area (Å²) in [5, 5.41) is 0.856. The Labute approximate surface area is 201 Å². The highest BCUT2D eigenvalue weighted by molar-refractivity contribution is 6.34. The second-order valence-corrected chi connectivity index (χ2v) is 8.31. The van der Waals surface area contributed by atoms with Crippen LogP contribution >= 0.6 is 23.2 Å². The minimum atomic E-state index is -0.198. The molecule has 1 aromatic heterocycles. The number of amides is 1. The summed E-state index contributed by atoms with van der Waals surface area (Å²) < 4.78 is 5.93. The Balaban J connectivity index is 1.50. The molecule has 0 atom stereocenters. The van der Waals surface area contributed by atoms with Crippen LogP contribution in [0.4, 0.5) is 17.1 Å². The van der Waals surface area contributed by atoms with Gasteiger partial charge in [0.2, 0.25) is 5.88 Å². The van der Waals surface area contributed by atoms with Gasteiger partial charge in [-0.3, -0.25) is 4.79 Å². The molecule has 0 radical (unpaired) electrons.